The lowest BCUT2D eigenvalue weighted by Gasteiger charge is -1.97. The number of rotatable bonds is 4. The van der Waals surface area contributed by atoms with E-state index in [1.807, 2.05) is 17.5 Å². The number of carbonyl (C=O) groups is 1. The van der Waals surface area contributed by atoms with Crippen molar-refractivity contribution in [3.63, 3.8) is 0 Å². The van der Waals surface area contributed by atoms with Crippen LogP contribution in [-0.2, 0) is 4.79 Å². The van der Waals surface area contributed by atoms with Crippen LogP contribution in [0.4, 0.5) is 14.8 Å². The molecule has 0 unspecified atom stereocenters. The zero-order valence-corrected chi connectivity index (χ0v) is 12.3. The molecule has 3 rings (SSSR count). The second-order valence-electron chi connectivity index (χ2n) is 4.37. The Morgan fingerprint density at radius 2 is 2.13 bits per heavy atom. The molecule has 23 heavy (non-hydrogen) atoms. The smallest absolute Gasteiger partial charge is 0.322 e. The maximum Gasteiger partial charge on any atom is 0.322 e. The predicted octanol–water partition coefficient (Wildman–Crippen LogP) is 3.73. The van der Waals surface area contributed by atoms with E-state index >= 15 is 0 Å². The van der Waals surface area contributed by atoms with Crippen molar-refractivity contribution in [1.29, 1.82) is 0 Å². The standard InChI is InChI=1S/C15H9F2N3O2S/c16-9-3-5-11(12(17)8-9)14-19-20-15(22-14)18-13(21)6-4-10-2-1-7-23-10/h1-8H,(H,18,20,21)/b6-4+. The molecular formula is C15H9F2N3O2S. The van der Waals surface area contributed by atoms with Gasteiger partial charge in [0.15, 0.2) is 0 Å². The zero-order chi connectivity index (χ0) is 16.2. The van der Waals surface area contributed by atoms with E-state index in [0.29, 0.717) is 6.07 Å². The summed E-state index contributed by atoms with van der Waals surface area (Å²) in [6.07, 6.45) is 2.95. The van der Waals surface area contributed by atoms with Crippen LogP contribution in [0.3, 0.4) is 0 Å². The minimum Gasteiger partial charge on any atom is -0.403 e. The Balaban J connectivity index is 1.71. The number of hydrogen-bond donors (Lipinski definition) is 1. The number of anilines is 1. The predicted molar refractivity (Wildman–Crippen MR) is 81.6 cm³/mol. The van der Waals surface area contributed by atoms with Crippen LogP contribution < -0.4 is 5.32 Å². The first-order valence-corrected chi connectivity index (χ1v) is 7.31. The van der Waals surface area contributed by atoms with Crippen LogP contribution in [0.25, 0.3) is 17.5 Å². The second kappa shape index (κ2) is 6.49. The number of hydrogen-bond acceptors (Lipinski definition) is 5. The number of halogens is 2. The minimum atomic E-state index is -0.830. The van der Waals surface area contributed by atoms with Gasteiger partial charge in [0.2, 0.25) is 0 Å². The Morgan fingerprint density at radius 1 is 1.26 bits per heavy atom. The van der Waals surface area contributed by atoms with Crippen molar-refractivity contribution in [3.8, 4) is 11.5 Å². The average molecular weight is 333 g/mol. The van der Waals surface area contributed by atoms with Crippen LogP contribution in [0.15, 0.2) is 46.2 Å². The Bertz CT molecular complexity index is 859. The van der Waals surface area contributed by atoms with E-state index in [4.69, 9.17) is 4.42 Å². The number of amides is 1. The summed E-state index contributed by atoms with van der Waals surface area (Å²) in [7, 11) is 0. The molecule has 2 heterocycles. The molecule has 5 nitrogen and oxygen atoms in total. The number of carbonyl (C=O) groups excluding carboxylic acids is 1. The lowest BCUT2D eigenvalue weighted by atomic mass is 10.2. The lowest BCUT2D eigenvalue weighted by Crippen LogP contribution is -2.07. The van der Waals surface area contributed by atoms with Gasteiger partial charge in [-0.05, 0) is 29.7 Å². The van der Waals surface area contributed by atoms with E-state index in [1.54, 1.807) is 6.08 Å². The van der Waals surface area contributed by atoms with Crippen molar-refractivity contribution < 1.29 is 18.0 Å². The van der Waals surface area contributed by atoms with Crippen LogP contribution in [0.1, 0.15) is 4.88 Å². The topological polar surface area (TPSA) is 68.0 Å². The molecule has 0 saturated heterocycles. The molecule has 0 bridgehead atoms. The maximum atomic E-state index is 13.6. The van der Waals surface area contributed by atoms with Crippen LogP contribution in [0, 0.1) is 11.6 Å². The molecule has 8 heteroatoms. The molecule has 0 atom stereocenters. The van der Waals surface area contributed by atoms with Gasteiger partial charge in [0.25, 0.3) is 11.8 Å². The second-order valence-corrected chi connectivity index (χ2v) is 5.35. The van der Waals surface area contributed by atoms with Crippen molar-refractivity contribution in [3.05, 3.63) is 58.3 Å². The molecule has 2 aromatic heterocycles. The minimum absolute atomic E-state index is 0.0477. The molecule has 0 radical (unpaired) electrons. The molecule has 116 valence electrons. The molecular weight excluding hydrogens is 324 g/mol. The summed E-state index contributed by atoms with van der Waals surface area (Å²) >= 11 is 1.48. The zero-order valence-electron chi connectivity index (χ0n) is 11.5. The van der Waals surface area contributed by atoms with Gasteiger partial charge < -0.3 is 4.42 Å². The van der Waals surface area contributed by atoms with Crippen molar-refractivity contribution in [1.82, 2.24) is 10.2 Å². The largest absolute Gasteiger partial charge is 0.403 e. The van der Waals surface area contributed by atoms with E-state index in [1.165, 1.54) is 23.5 Å². The first-order chi connectivity index (χ1) is 11.1. The van der Waals surface area contributed by atoms with E-state index in [0.717, 1.165) is 10.9 Å². The van der Waals surface area contributed by atoms with Gasteiger partial charge in [-0.25, -0.2) is 8.78 Å². The van der Waals surface area contributed by atoms with Gasteiger partial charge in [0.1, 0.15) is 11.6 Å². The first kappa shape index (κ1) is 15.0. The van der Waals surface area contributed by atoms with Gasteiger partial charge >= 0.3 is 6.01 Å². The average Bonchev–Trinajstić information content (AvgIpc) is 3.17. The number of aromatic nitrogens is 2. The van der Waals surface area contributed by atoms with Gasteiger partial charge in [0.05, 0.1) is 5.56 Å². The molecule has 0 aliphatic carbocycles. The third-order valence-electron chi connectivity index (χ3n) is 2.76. The fourth-order valence-electron chi connectivity index (χ4n) is 1.74. The molecule has 0 aliphatic rings. The van der Waals surface area contributed by atoms with Gasteiger partial charge in [-0.2, -0.15) is 0 Å². The Labute approximate surface area is 133 Å². The summed E-state index contributed by atoms with van der Waals surface area (Å²) in [5.41, 5.74) is -0.0477. The summed E-state index contributed by atoms with van der Waals surface area (Å²) in [4.78, 5) is 12.6. The van der Waals surface area contributed by atoms with Crippen LogP contribution in [0.2, 0.25) is 0 Å². The van der Waals surface area contributed by atoms with Gasteiger partial charge in [-0.3, -0.25) is 10.1 Å². The summed E-state index contributed by atoms with van der Waals surface area (Å²) in [5, 5.41) is 11.5. The van der Waals surface area contributed by atoms with Gasteiger partial charge in [0, 0.05) is 17.0 Å². The van der Waals surface area contributed by atoms with Crippen molar-refractivity contribution >= 4 is 29.3 Å². The summed E-state index contributed by atoms with van der Waals surface area (Å²) in [5.74, 6) is -2.16. The monoisotopic (exact) mass is 333 g/mol. The maximum absolute atomic E-state index is 13.6. The van der Waals surface area contributed by atoms with Gasteiger partial charge in [-0.1, -0.05) is 11.2 Å². The number of nitrogens with zero attached hydrogens (tertiary/aromatic N) is 2. The molecule has 1 amide bonds. The molecule has 0 aliphatic heterocycles. The summed E-state index contributed by atoms with van der Waals surface area (Å²) in [6.45, 7) is 0. The number of benzene rings is 1. The fourth-order valence-corrected chi connectivity index (χ4v) is 2.35. The Morgan fingerprint density at radius 3 is 2.87 bits per heavy atom. The van der Waals surface area contributed by atoms with Gasteiger partial charge in [-0.15, -0.1) is 16.4 Å². The number of nitrogens with one attached hydrogen (secondary N) is 1. The van der Waals surface area contributed by atoms with Crippen LogP contribution in [0.5, 0.6) is 0 Å². The third-order valence-corrected chi connectivity index (χ3v) is 3.60. The fraction of sp³-hybridized carbons (Fsp3) is 0. The highest BCUT2D eigenvalue weighted by Gasteiger charge is 2.14. The highest BCUT2D eigenvalue weighted by Crippen LogP contribution is 2.23. The van der Waals surface area contributed by atoms with Crippen molar-refractivity contribution in [2.75, 3.05) is 5.32 Å². The lowest BCUT2D eigenvalue weighted by molar-refractivity contribution is -0.112. The normalized spacial score (nSPS) is 11.0. The van der Waals surface area contributed by atoms with Crippen LogP contribution in [-0.4, -0.2) is 16.1 Å². The van der Waals surface area contributed by atoms with Crippen LogP contribution >= 0.6 is 11.3 Å². The molecule has 1 aromatic carbocycles. The van der Waals surface area contributed by atoms with E-state index in [2.05, 4.69) is 15.5 Å². The summed E-state index contributed by atoms with van der Waals surface area (Å²) in [6, 6.07) is 6.51. The molecule has 0 saturated carbocycles. The molecule has 0 fully saturated rings. The quantitative estimate of drug-likeness (QED) is 0.739. The van der Waals surface area contributed by atoms with E-state index in [-0.39, 0.29) is 17.5 Å². The highest BCUT2D eigenvalue weighted by molar-refractivity contribution is 7.10. The molecule has 0 spiro atoms. The molecule has 3 aromatic rings. The SMILES string of the molecule is O=C(/C=C/c1cccs1)Nc1nnc(-c2ccc(F)cc2F)o1. The third kappa shape index (κ3) is 3.67. The van der Waals surface area contributed by atoms with E-state index in [9.17, 15) is 13.6 Å². The molecule has 1 N–H and O–H groups in total. The highest BCUT2D eigenvalue weighted by atomic mass is 32.1. The first-order valence-electron chi connectivity index (χ1n) is 6.43. The summed E-state index contributed by atoms with van der Waals surface area (Å²) < 4.78 is 31.6. The Kier molecular flexibility index (Phi) is 4.24. The van der Waals surface area contributed by atoms with Crippen molar-refractivity contribution in [2.45, 2.75) is 0 Å². The van der Waals surface area contributed by atoms with Crippen molar-refractivity contribution in [2.24, 2.45) is 0 Å². The van der Waals surface area contributed by atoms with E-state index < -0.39 is 17.5 Å². The number of thiophene rings is 1. The Hall–Kier alpha value is -2.87.